The Labute approximate surface area is 179 Å². The fourth-order valence-electron chi connectivity index (χ4n) is 2.17. The van der Waals surface area contributed by atoms with Crippen LogP contribution in [0.15, 0.2) is 41.5 Å². The lowest BCUT2D eigenvalue weighted by molar-refractivity contribution is -0.384. The van der Waals surface area contributed by atoms with Crippen molar-refractivity contribution in [3.63, 3.8) is 0 Å². The molecule has 0 aliphatic heterocycles. The molecule has 2 aromatic rings. The summed E-state index contributed by atoms with van der Waals surface area (Å²) < 4.78 is 11.6. The number of amides is 2. The smallest absolute Gasteiger partial charge is 0.271 e. The average molecular weight is 512 g/mol. The minimum absolute atomic E-state index is 0.110. The molecule has 2 rings (SSSR count). The maximum atomic E-state index is 12.1. The number of hydrogen-bond acceptors (Lipinski definition) is 7. The predicted octanol–water partition coefficient (Wildman–Crippen LogP) is 2.23. The van der Waals surface area contributed by atoms with Crippen LogP contribution >= 0.6 is 22.6 Å². The van der Waals surface area contributed by atoms with Crippen LogP contribution in [0.3, 0.4) is 0 Å². The van der Waals surface area contributed by atoms with Gasteiger partial charge >= 0.3 is 0 Å². The van der Waals surface area contributed by atoms with E-state index in [1.165, 1.54) is 30.5 Å². The molecule has 0 saturated heterocycles. The summed E-state index contributed by atoms with van der Waals surface area (Å²) in [5, 5.41) is 14.5. The van der Waals surface area contributed by atoms with Gasteiger partial charge in [-0.25, -0.2) is 5.43 Å². The number of carbonyl (C=O) groups excluding carboxylic acids is 2. The largest absolute Gasteiger partial charge is 0.490 e. The molecule has 0 radical (unpaired) electrons. The van der Waals surface area contributed by atoms with Crippen molar-refractivity contribution in [2.75, 3.05) is 13.2 Å². The molecule has 0 unspecified atom stereocenters. The van der Waals surface area contributed by atoms with E-state index < -0.39 is 16.7 Å². The Kier molecular flexibility index (Phi) is 7.88. The van der Waals surface area contributed by atoms with Crippen molar-refractivity contribution in [2.45, 2.75) is 6.92 Å². The van der Waals surface area contributed by atoms with Crippen molar-refractivity contribution in [3.05, 3.63) is 61.2 Å². The van der Waals surface area contributed by atoms with E-state index >= 15 is 0 Å². The van der Waals surface area contributed by atoms with Gasteiger partial charge in [0.25, 0.3) is 17.5 Å². The first-order valence-corrected chi connectivity index (χ1v) is 9.35. The summed E-state index contributed by atoms with van der Waals surface area (Å²) in [4.78, 5) is 33.1. The number of nitrogens with one attached hydrogen (secondary N) is 1. The van der Waals surface area contributed by atoms with Crippen LogP contribution in [0.5, 0.6) is 11.5 Å². The summed E-state index contributed by atoms with van der Waals surface area (Å²) in [5.41, 5.74) is 8.19. The second-order valence-corrected chi connectivity index (χ2v) is 6.68. The van der Waals surface area contributed by atoms with Gasteiger partial charge in [0, 0.05) is 17.7 Å². The van der Waals surface area contributed by atoms with Crippen molar-refractivity contribution in [3.8, 4) is 11.5 Å². The van der Waals surface area contributed by atoms with Crippen molar-refractivity contribution in [1.29, 1.82) is 0 Å². The highest BCUT2D eigenvalue weighted by atomic mass is 127. The Morgan fingerprint density at radius 1 is 1.28 bits per heavy atom. The highest BCUT2D eigenvalue weighted by Gasteiger charge is 2.13. The molecule has 0 saturated carbocycles. The second-order valence-electron chi connectivity index (χ2n) is 5.52. The summed E-state index contributed by atoms with van der Waals surface area (Å²) in [6, 6.07) is 8.51. The van der Waals surface area contributed by atoms with Crippen molar-refractivity contribution < 1.29 is 24.0 Å². The quantitative estimate of drug-likeness (QED) is 0.228. The first-order chi connectivity index (χ1) is 13.8. The summed E-state index contributed by atoms with van der Waals surface area (Å²) in [6.45, 7) is 1.89. The Hall–Kier alpha value is -3.22. The van der Waals surface area contributed by atoms with E-state index in [0.717, 1.165) is 0 Å². The number of nitrogens with two attached hydrogens (primary N) is 1. The SMILES string of the molecule is CCOc1cc(/C=N/NC(=O)c2ccc([N+](=O)[O-])cc2)cc(I)c1OCC(N)=O. The maximum absolute atomic E-state index is 12.1. The molecule has 11 heteroatoms. The molecule has 2 amide bonds. The normalized spacial score (nSPS) is 10.6. The number of rotatable bonds is 9. The molecule has 0 aliphatic carbocycles. The summed E-state index contributed by atoms with van der Waals surface area (Å²) in [6.07, 6.45) is 1.41. The summed E-state index contributed by atoms with van der Waals surface area (Å²) in [7, 11) is 0. The van der Waals surface area contributed by atoms with Gasteiger partial charge in [-0.3, -0.25) is 19.7 Å². The number of ether oxygens (including phenoxy) is 2. The Balaban J connectivity index is 2.11. The van der Waals surface area contributed by atoms with Crippen molar-refractivity contribution in [2.24, 2.45) is 10.8 Å². The number of nitrogens with zero attached hydrogens (tertiary/aromatic N) is 2. The highest BCUT2D eigenvalue weighted by Crippen LogP contribution is 2.33. The molecule has 152 valence electrons. The molecule has 0 atom stereocenters. The van der Waals surface area contributed by atoms with E-state index in [-0.39, 0.29) is 17.9 Å². The second kappa shape index (κ2) is 10.4. The van der Waals surface area contributed by atoms with Gasteiger partial charge in [0.2, 0.25) is 0 Å². The molecular weight excluding hydrogens is 495 g/mol. The lowest BCUT2D eigenvalue weighted by Crippen LogP contribution is -2.20. The number of primary amides is 1. The third-order valence-electron chi connectivity index (χ3n) is 3.41. The van der Waals surface area contributed by atoms with Crippen LogP contribution < -0.4 is 20.6 Å². The first kappa shape index (κ1) is 22.1. The molecule has 2 aromatic carbocycles. The van der Waals surface area contributed by atoms with Gasteiger partial charge < -0.3 is 15.2 Å². The van der Waals surface area contributed by atoms with Gasteiger partial charge in [-0.1, -0.05) is 0 Å². The summed E-state index contributed by atoms with van der Waals surface area (Å²) in [5.74, 6) is -0.331. The standard InChI is InChI=1S/C18H17IN4O6/c1-2-28-15-8-11(7-14(19)17(15)29-10-16(20)24)9-21-22-18(25)12-3-5-13(6-4-12)23(26)27/h3-9H,2,10H2,1H3,(H2,20,24)(H,22,25)/b21-9+. The number of halogens is 1. The Morgan fingerprint density at radius 3 is 2.55 bits per heavy atom. The minimum atomic E-state index is -0.608. The number of nitro groups is 1. The molecule has 0 fully saturated rings. The topological polar surface area (TPSA) is 146 Å². The highest BCUT2D eigenvalue weighted by molar-refractivity contribution is 14.1. The molecule has 10 nitrogen and oxygen atoms in total. The molecule has 0 aromatic heterocycles. The number of hydrazone groups is 1. The molecule has 0 bridgehead atoms. The van der Waals surface area contributed by atoms with E-state index in [1.807, 2.05) is 22.6 Å². The molecule has 0 heterocycles. The van der Waals surface area contributed by atoms with Gasteiger partial charge in [-0.2, -0.15) is 5.10 Å². The van der Waals surface area contributed by atoms with Crippen LogP contribution in [0.25, 0.3) is 0 Å². The number of nitro benzene ring substituents is 1. The van der Waals surface area contributed by atoms with Crippen LogP contribution in [0, 0.1) is 13.7 Å². The van der Waals surface area contributed by atoms with Crippen LogP contribution in [-0.4, -0.2) is 36.2 Å². The first-order valence-electron chi connectivity index (χ1n) is 8.27. The zero-order chi connectivity index (χ0) is 21.4. The van der Waals surface area contributed by atoms with Crippen LogP contribution in [-0.2, 0) is 4.79 Å². The average Bonchev–Trinajstić information content (AvgIpc) is 2.67. The lowest BCUT2D eigenvalue weighted by Gasteiger charge is -2.13. The van der Waals surface area contributed by atoms with Gasteiger partial charge in [0.1, 0.15) is 0 Å². The van der Waals surface area contributed by atoms with E-state index in [9.17, 15) is 19.7 Å². The molecule has 0 spiro atoms. The molecular formula is C18H17IN4O6. The zero-order valence-electron chi connectivity index (χ0n) is 15.3. The van der Waals surface area contributed by atoms with Crippen LogP contribution in [0.4, 0.5) is 5.69 Å². The zero-order valence-corrected chi connectivity index (χ0v) is 17.4. The van der Waals surface area contributed by atoms with Crippen molar-refractivity contribution in [1.82, 2.24) is 5.43 Å². The van der Waals surface area contributed by atoms with E-state index in [1.54, 1.807) is 19.1 Å². The molecule has 0 aliphatic rings. The van der Waals surface area contributed by atoms with Gasteiger partial charge in [-0.15, -0.1) is 0 Å². The third kappa shape index (κ3) is 6.41. The number of benzene rings is 2. The maximum Gasteiger partial charge on any atom is 0.271 e. The number of carbonyl (C=O) groups is 2. The molecule has 29 heavy (non-hydrogen) atoms. The third-order valence-corrected chi connectivity index (χ3v) is 4.21. The van der Waals surface area contributed by atoms with Crippen LogP contribution in [0.1, 0.15) is 22.8 Å². The Morgan fingerprint density at radius 2 is 1.97 bits per heavy atom. The fourth-order valence-corrected chi connectivity index (χ4v) is 2.95. The van der Waals surface area contributed by atoms with Gasteiger partial charge in [0.15, 0.2) is 18.1 Å². The van der Waals surface area contributed by atoms with E-state index in [0.29, 0.717) is 27.2 Å². The van der Waals surface area contributed by atoms with Gasteiger partial charge in [-0.05, 0) is 59.3 Å². The molecule has 3 N–H and O–H groups in total. The predicted molar refractivity (Wildman–Crippen MR) is 113 cm³/mol. The number of hydrogen-bond donors (Lipinski definition) is 2. The summed E-state index contributed by atoms with van der Waals surface area (Å²) >= 11 is 2.02. The Bertz CT molecular complexity index is 946. The lowest BCUT2D eigenvalue weighted by atomic mass is 10.2. The fraction of sp³-hybridized carbons (Fsp3) is 0.167. The number of non-ortho nitro benzene ring substituents is 1. The van der Waals surface area contributed by atoms with E-state index in [2.05, 4.69) is 10.5 Å². The van der Waals surface area contributed by atoms with Crippen molar-refractivity contribution >= 4 is 46.3 Å². The van der Waals surface area contributed by atoms with E-state index in [4.69, 9.17) is 15.2 Å². The minimum Gasteiger partial charge on any atom is -0.490 e. The monoisotopic (exact) mass is 512 g/mol. The van der Waals surface area contributed by atoms with Crippen LogP contribution in [0.2, 0.25) is 0 Å². The van der Waals surface area contributed by atoms with Gasteiger partial charge in [0.05, 0.1) is 21.3 Å².